The van der Waals surface area contributed by atoms with Gasteiger partial charge in [-0.15, -0.1) is 0 Å². The molecule has 3 heterocycles. The van der Waals surface area contributed by atoms with E-state index in [1.807, 2.05) is 42.3 Å². The van der Waals surface area contributed by atoms with Crippen molar-refractivity contribution in [1.82, 2.24) is 20.0 Å². The number of carbonyl (C=O) groups is 1. The summed E-state index contributed by atoms with van der Waals surface area (Å²) in [4.78, 5) is 24.4. The first-order valence-electron chi connectivity index (χ1n) is 11.0. The van der Waals surface area contributed by atoms with E-state index in [0.717, 1.165) is 54.3 Å². The van der Waals surface area contributed by atoms with Crippen molar-refractivity contribution in [2.75, 3.05) is 13.1 Å². The summed E-state index contributed by atoms with van der Waals surface area (Å²) in [5.41, 5.74) is 5.01. The summed E-state index contributed by atoms with van der Waals surface area (Å²) in [6.07, 6.45) is 4.11. The number of aryl methyl sites for hydroxylation is 2. The monoisotopic (exact) mass is 418 g/mol. The summed E-state index contributed by atoms with van der Waals surface area (Å²) in [5, 5.41) is 4.00. The minimum Gasteiger partial charge on any atom is -0.356 e. The average molecular weight is 419 g/mol. The van der Waals surface area contributed by atoms with Crippen LogP contribution < -0.4 is 0 Å². The highest BCUT2D eigenvalue weighted by molar-refractivity contribution is 5.79. The van der Waals surface area contributed by atoms with E-state index in [2.05, 4.69) is 37.0 Å². The highest BCUT2D eigenvalue weighted by Crippen LogP contribution is 2.31. The van der Waals surface area contributed by atoms with Gasteiger partial charge in [-0.1, -0.05) is 43.3 Å². The van der Waals surface area contributed by atoms with Crippen LogP contribution in [0.4, 0.5) is 0 Å². The third-order valence-electron chi connectivity index (χ3n) is 6.09. The zero-order chi connectivity index (χ0) is 22.0. The van der Waals surface area contributed by atoms with Crippen LogP contribution in [0.3, 0.4) is 0 Å². The molecule has 1 aliphatic rings. The van der Waals surface area contributed by atoms with Crippen molar-refractivity contribution in [1.29, 1.82) is 0 Å². The number of amides is 1. The Balaban J connectivity index is 1.44. The largest absolute Gasteiger partial charge is 0.356 e. The van der Waals surface area contributed by atoms with Gasteiger partial charge < -0.3 is 9.42 Å². The van der Waals surface area contributed by atoms with E-state index in [1.54, 1.807) is 0 Å². The number of piperidine rings is 1. The van der Waals surface area contributed by atoms with Gasteiger partial charge in [0.1, 0.15) is 5.82 Å². The molecular weight excluding hydrogens is 388 g/mol. The van der Waals surface area contributed by atoms with Gasteiger partial charge in [-0.3, -0.25) is 4.79 Å². The third kappa shape index (κ3) is 4.68. The standard InChI is InChI=1S/C25H30N4O2/c1-16(2)24-21(22-13-18(4)28-31-22)15-26-25(27-24)19-9-11-29(12-10-19)23(30)14-20-8-6-5-7-17(20)3/h5-8,13,15-16,19H,9-12,14H2,1-4H3. The highest BCUT2D eigenvalue weighted by atomic mass is 16.5. The topological polar surface area (TPSA) is 72.1 Å². The van der Waals surface area contributed by atoms with Crippen LogP contribution in [-0.4, -0.2) is 39.0 Å². The van der Waals surface area contributed by atoms with E-state index < -0.39 is 0 Å². The van der Waals surface area contributed by atoms with Crippen molar-refractivity contribution in [2.45, 2.75) is 58.8 Å². The second-order valence-corrected chi connectivity index (χ2v) is 8.77. The normalized spacial score (nSPS) is 14.9. The number of hydrogen-bond acceptors (Lipinski definition) is 5. The van der Waals surface area contributed by atoms with Crippen molar-refractivity contribution in [2.24, 2.45) is 0 Å². The number of benzene rings is 1. The molecule has 1 saturated heterocycles. The fourth-order valence-corrected chi connectivity index (χ4v) is 4.20. The highest BCUT2D eigenvalue weighted by Gasteiger charge is 2.27. The van der Waals surface area contributed by atoms with Crippen LogP contribution in [0.2, 0.25) is 0 Å². The quantitative estimate of drug-likeness (QED) is 0.594. The molecule has 0 saturated carbocycles. The Bertz CT molecular complexity index is 1060. The number of aromatic nitrogens is 3. The first-order valence-corrected chi connectivity index (χ1v) is 11.0. The summed E-state index contributed by atoms with van der Waals surface area (Å²) in [7, 11) is 0. The maximum Gasteiger partial charge on any atom is 0.226 e. The molecule has 6 nitrogen and oxygen atoms in total. The molecule has 0 aliphatic carbocycles. The fraction of sp³-hybridized carbons (Fsp3) is 0.440. The molecule has 6 heteroatoms. The first kappa shape index (κ1) is 21.2. The molecule has 0 atom stereocenters. The van der Waals surface area contributed by atoms with Gasteiger partial charge in [0.15, 0.2) is 5.76 Å². The van der Waals surface area contributed by atoms with E-state index in [1.165, 1.54) is 5.56 Å². The molecule has 1 aromatic carbocycles. The van der Waals surface area contributed by atoms with Crippen LogP contribution in [0, 0.1) is 13.8 Å². The Morgan fingerprint density at radius 1 is 1.19 bits per heavy atom. The fourth-order valence-electron chi connectivity index (χ4n) is 4.20. The minimum absolute atomic E-state index is 0.201. The maximum atomic E-state index is 12.8. The Morgan fingerprint density at radius 2 is 1.94 bits per heavy atom. The van der Waals surface area contributed by atoms with Crippen molar-refractivity contribution in [3.8, 4) is 11.3 Å². The molecule has 3 aromatic rings. The Morgan fingerprint density at radius 3 is 2.58 bits per heavy atom. The van der Waals surface area contributed by atoms with Crippen molar-refractivity contribution in [3.05, 3.63) is 64.9 Å². The Kier molecular flexibility index (Phi) is 6.16. The van der Waals surface area contributed by atoms with Crippen LogP contribution in [0.15, 0.2) is 41.1 Å². The summed E-state index contributed by atoms with van der Waals surface area (Å²) < 4.78 is 5.45. The van der Waals surface area contributed by atoms with Gasteiger partial charge in [0.2, 0.25) is 5.91 Å². The second-order valence-electron chi connectivity index (χ2n) is 8.77. The van der Waals surface area contributed by atoms with Crippen molar-refractivity contribution < 1.29 is 9.32 Å². The Hall–Kier alpha value is -3.02. The predicted molar refractivity (Wildman–Crippen MR) is 120 cm³/mol. The van der Waals surface area contributed by atoms with Crippen LogP contribution >= 0.6 is 0 Å². The summed E-state index contributed by atoms with van der Waals surface area (Å²) in [5.74, 6) is 2.30. The lowest BCUT2D eigenvalue weighted by atomic mass is 9.94. The summed E-state index contributed by atoms with van der Waals surface area (Å²) in [6, 6.07) is 10.0. The van der Waals surface area contributed by atoms with E-state index >= 15 is 0 Å². The van der Waals surface area contributed by atoms with Crippen LogP contribution in [0.25, 0.3) is 11.3 Å². The molecule has 0 spiro atoms. The minimum atomic E-state index is 0.201. The molecule has 4 rings (SSSR count). The Labute approximate surface area is 183 Å². The molecule has 1 fully saturated rings. The third-order valence-corrected chi connectivity index (χ3v) is 6.09. The molecule has 0 radical (unpaired) electrons. The smallest absolute Gasteiger partial charge is 0.226 e. The SMILES string of the molecule is Cc1cc(-c2cnc(C3CCN(C(=O)Cc4ccccc4C)CC3)nc2C(C)C)on1. The maximum absolute atomic E-state index is 12.8. The van der Waals surface area contributed by atoms with Gasteiger partial charge in [-0.25, -0.2) is 9.97 Å². The van der Waals surface area contributed by atoms with Crippen molar-refractivity contribution >= 4 is 5.91 Å². The van der Waals surface area contributed by atoms with E-state index in [0.29, 0.717) is 12.2 Å². The number of rotatable bonds is 5. The predicted octanol–water partition coefficient (Wildman–Crippen LogP) is 4.82. The molecule has 0 N–H and O–H groups in total. The van der Waals surface area contributed by atoms with Gasteiger partial charge in [-0.2, -0.15) is 0 Å². The molecule has 2 aromatic heterocycles. The van der Waals surface area contributed by atoms with Gasteiger partial charge in [0.05, 0.1) is 23.4 Å². The summed E-state index contributed by atoms with van der Waals surface area (Å²) >= 11 is 0. The zero-order valence-corrected chi connectivity index (χ0v) is 18.8. The van der Waals surface area contributed by atoms with Gasteiger partial charge >= 0.3 is 0 Å². The van der Waals surface area contributed by atoms with Gasteiger partial charge in [-0.05, 0) is 43.7 Å². The number of likely N-dealkylation sites (tertiary alicyclic amines) is 1. The second kappa shape index (κ2) is 9.00. The van der Waals surface area contributed by atoms with Gasteiger partial charge in [0.25, 0.3) is 0 Å². The molecule has 1 amide bonds. The van der Waals surface area contributed by atoms with Gasteiger partial charge in [0, 0.05) is 31.3 Å². The zero-order valence-electron chi connectivity index (χ0n) is 18.8. The molecule has 0 unspecified atom stereocenters. The van der Waals surface area contributed by atoms with Crippen LogP contribution in [-0.2, 0) is 11.2 Å². The van der Waals surface area contributed by atoms with E-state index in [-0.39, 0.29) is 17.7 Å². The van der Waals surface area contributed by atoms with Crippen LogP contribution in [0.1, 0.15) is 66.9 Å². The van der Waals surface area contributed by atoms with Crippen molar-refractivity contribution in [3.63, 3.8) is 0 Å². The first-order chi connectivity index (χ1) is 14.9. The number of carbonyl (C=O) groups excluding carboxylic acids is 1. The molecule has 0 bridgehead atoms. The molecule has 162 valence electrons. The number of nitrogens with zero attached hydrogens (tertiary/aromatic N) is 4. The molecular formula is C25H30N4O2. The number of hydrogen-bond donors (Lipinski definition) is 0. The molecule has 1 aliphatic heterocycles. The van der Waals surface area contributed by atoms with Crippen LogP contribution in [0.5, 0.6) is 0 Å². The van der Waals surface area contributed by atoms with E-state index in [9.17, 15) is 4.79 Å². The summed E-state index contributed by atoms with van der Waals surface area (Å²) in [6.45, 7) is 9.72. The average Bonchev–Trinajstić information content (AvgIpc) is 3.21. The van der Waals surface area contributed by atoms with E-state index in [4.69, 9.17) is 9.51 Å². The molecule has 31 heavy (non-hydrogen) atoms. The lowest BCUT2D eigenvalue weighted by Crippen LogP contribution is -2.39. The lowest BCUT2D eigenvalue weighted by Gasteiger charge is -2.31. The lowest BCUT2D eigenvalue weighted by molar-refractivity contribution is -0.131.